The third-order valence-electron chi connectivity index (χ3n) is 5.65. The molecule has 0 bridgehead atoms. The van der Waals surface area contributed by atoms with E-state index in [0.29, 0.717) is 12.1 Å². The zero-order valence-corrected chi connectivity index (χ0v) is 16.5. The van der Waals surface area contributed by atoms with Gasteiger partial charge in [0.05, 0.1) is 0 Å². The first-order chi connectivity index (χ1) is 10.5. The van der Waals surface area contributed by atoms with Crippen molar-refractivity contribution < 1.29 is 0 Å². The molecular formula is C21H43N. The SMILES string of the molecule is C=CC(CC)(CC)C(CCCCCCCC)N(CC)C(C)C. The van der Waals surface area contributed by atoms with E-state index in [1.807, 2.05) is 0 Å². The standard InChI is InChI=1S/C21H43N/c1-8-13-14-15-16-17-18-20(22(12-5)19(6)7)21(9-2,10-3)11-4/h9,19-20H,2,8,10-18H2,1,3-7H3. The number of hydrogen-bond acceptors (Lipinski definition) is 1. The summed E-state index contributed by atoms with van der Waals surface area (Å²) >= 11 is 0. The predicted octanol–water partition coefficient (Wildman–Crippen LogP) is 6.83. The number of rotatable bonds is 14. The van der Waals surface area contributed by atoms with Crippen LogP contribution in [0.4, 0.5) is 0 Å². The maximum Gasteiger partial charge on any atom is 0.0188 e. The van der Waals surface area contributed by atoms with E-state index < -0.39 is 0 Å². The molecule has 0 aliphatic rings. The Labute approximate surface area is 141 Å². The van der Waals surface area contributed by atoms with Crippen LogP contribution in [0.15, 0.2) is 12.7 Å². The Hall–Kier alpha value is -0.300. The van der Waals surface area contributed by atoms with Crippen LogP contribution in [-0.4, -0.2) is 23.5 Å². The second kappa shape index (κ2) is 12.2. The van der Waals surface area contributed by atoms with Gasteiger partial charge >= 0.3 is 0 Å². The summed E-state index contributed by atoms with van der Waals surface area (Å²) in [5.74, 6) is 0. The van der Waals surface area contributed by atoms with Gasteiger partial charge in [-0.1, -0.05) is 72.3 Å². The second-order valence-corrected chi connectivity index (χ2v) is 7.14. The van der Waals surface area contributed by atoms with Gasteiger partial charge in [-0.3, -0.25) is 4.90 Å². The van der Waals surface area contributed by atoms with Crippen LogP contribution < -0.4 is 0 Å². The summed E-state index contributed by atoms with van der Waals surface area (Å²) in [5.41, 5.74) is 0.281. The highest BCUT2D eigenvalue weighted by Crippen LogP contribution is 2.38. The highest BCUT2D eigenvalue weighted by Gasteiger charge is 2.36. The van der Waals surface area contributed by atoms with Crippen LogP contribution in [0.2, 0.25) is 0 Å². The summed E-state index contributed by atoms with van der Waals surface area (Å²) in [4.78, 5) is 2.71. The fourth-order valence-corrected chi connectivity index (χ4v) is 3.99. The Morgan fingerprint density at radius 1 is 0.909 bits per heavy atom. The molecule has 0 rings (SSSR count). The van der Waals surface area contributed by atoms with Crippen molar-refractivity contribution in [3.05, 3.63) is 12.7 Å². The van der Waals surface area contributed by atoms with E-state index in [-0.39, 0.29) is 5.41 Å². The first-order valence-corrected chi connectivity index (χ1v) is 9.92. The van der Waals surface area contributed by atoms with Crippen molar-refractivity contribution in [2.45, 2.75) is 111 Å². The van der Waals surface area contributed by atoms with Gasteiger partial charge in [0.1, 0.15) is 0 Å². The van der Waals surface area contributed by atoms with Crippen molar-refractivity contribution in [2.24, 2.45) is 5.41 Å². The fourth-order valence-electron chi connectivity index (χ4n) is 3.99. The van der Waals surface area contributed by atoms with Crippen LogP contribution in [0.1, 0.15) is 99.3 Å². The molecule has 0 amide bonds. The van der Waals surface area contributed by atoms with Crippen molar-refractivity contribution in [1.82, 2.24) is 4.90 Å². The van der Waals surface area contributed by atoms with Gasteiger partial charge in [-0.25, -0.2) is 0 Å². The molecular weight excluding hydrogens is 266 g/mol. The lowest BCUT2D eigenvalue weighted by Crippen LogP contribution is -2.49. The zero-order chi connectivity index (χ0) is 17.0. The maximum absolute atomic E-state index is 4.21. The molecule has 0 aromatic rings. The monoisotopic (exact) mass is 309 g/mol. The topological polar surface area (TPSA) is 3.24 Å². The van der Waals surface area contributed by atoms with Crippen molar-refractivity contribution in [3.63, 3.8) is 0 Å². The first kappa shape index (κ1) is 21.7. The first-order valence-electron chi connectivity index (χ1n) is 9.92. The Kier molecular flexibility index (Phi) is 12.0. The molecule has 0 aliphatic carbocycles. The van der Waals surface area contributed by atoms with Crippen molar-refractivity contribution >= 4 is 0 Å². The normalized spacial score (nSPS) is 13.8. The predicted molar refractivity (Wildman–Crippen MR) is 103 cm³/mol. The molecule has 0 radical (unpaired) electrons. The molecule has 0 saturated carbocycles. The van der Waals surface area contributed by atoms with Crippen LogP contribution in [0.25, 0.3) is 0 Å². The average Bonchev–Trinajstić information content (AvgIpc) is 2.52. The lowest BCUT2D eigenvalue weighted by atomic mass is 9.72. The molecule has 0 aromatic carbocycles. The lowest BCUT2D eigenvalue weighted by molar-refractivity contribution is 0.0582. The summed E-state index contributed by atoms with van der Waals surface area (Å²) in [6, 6.07) is 1.27. The van der Waals surface area contributed by atoms with E-state index in [2.05, 4.69) is 59.1 Å². The molecule has 0 saturated heterocycles. The van der Waals surface area contributed by atoms with Gasteiger partial charge in [0.2, 0.25) is 0 Å². The van der Waals surface area contributed by atoms with Gasteiger partial charge in [-0.15, -0.1) is 6.58 Å². The summed E-state index contributed by atoms with van der Waals surface area (Å²) in [7, 11) is 0. The van der Waals surface area contributed by atoms with E-state index in [1.54, 1.807) is 0 Å². The fraction of sp³-hybridized carbons (Fsp3) is 0.905. The van der Waals surface area contributed by atoms with Crippen LogP contribution in [0.3, 0.4) is 0 Å². The Morgan fingerprint density at radius 3 is 1.86 bits per heavy atom. The summed E-state index contributed by atoms with van der Waals surface area (Å²) < 4.78 is 0. The van der Waals surface area contributed by atoms with Gasteiger partial charge in [0, 0.05) is 17.5 Å². The van der Waals surface area contributed by atoms with E-state index in [1.165, 1.54) is 57.8 Å². The second-order valence-electron chi connectivity index (χ2n) is 7.14. The summed E-state index contributed by atoms with van der Waals surface area (Å²) in [6.07, 6.45) is 14.3. The van der Waals surface area contributed by atoms with E-state index in [0.717, 1.165) is 6.54 Å². The molecule has 1 heteroatoms. The van der Waals surface area contributed by atoms with E-state index in [4.69, 9.17) is 0 Å². The minimum Gasteiger partial charge on any atom is -0.297 e. The Balaban J connectivity index is 4.83. The molecule has 0 aromatic heterocycles. The maximum atomic E-state index is 4.21. The third-order valence-corrected chi connectivity index (χ3v) is 5.65. The van der Waals surface area contributed by atoms with Gasteiger partial charge in [-0.2, -0.15) is 0 Å². The molecule has 1 atom stereocenters. The van der Waals surface area contributed by atoms with Gasteiger partial charge < -0.3 is 0 Å². The van der Waals surface area contributed by atoms with E-state index in [9.17, 15) is 0 Å². The molecule has 132 valence electrons. The largest absolute Gasteiger partial charge is 0.297 e. The van der Waals surface area contributed by atoms with Gasteiger partial charge in [-0.05, 0) is 39.7 Å². The van der Waals surface area contributed by atoms with E-state index >= 15 is 0 Å². The smallest absolute Gasteiger partial charge is 0.0188 e. The molecule has 1 nitrogen and oxygen atoms in total. The molecule has 0 spiro atoms. The zero-order valence-electron chi connectivity index (χ0n) is 16.5. The van der Waals surface area contributed by atoms with Crippen LogP contribution in [0, 0.1) is 5.41 Å². The molecule has 22 heavy (non-hydrogen) atoms. The molecule has 0 heterocycles. The van der Waals surface area contributed by atoms with Gasteiger partial charge in [0.25, 0.3) is 0 Å². The minimum absolute atomic E-state index is 0.281. The molecule has 0 fully saturated rings. The number of nitrogens with zero attached hydrogens (tertiary/aromatic N) is 1. The Morgan fingerprint density at radius 2 is 1.45 bits per heavy atom. The van der Waals surface area contributed by atoms with Crippen LogP contribution in [0.5, 0.6) is 0 Å². The quantitative estimate of drug-likeness (QED) is 0.251. The summed E-state index contributed by atoms with van der Waals surface area (Å²) in [6.45, 7) is 19.3. The Bertz CT molecular complexity index is 265. The number of hydrogen-bond donors (Lipinski definition) is 0. The third kappa shape index (κ3) is 6.44. The average molecular weight is 310 g/mol. The molecule has 0 aliphatic heterocycles. The summed E-state index contributed by atoms with van der Waals surface area (Å²) in [5, 5.41) is 0. The molecule has 1 unspecified atom stereocenters. The minimum atomic E-state index is 0.281. The van der Waals surface area contributed by atoms with Crippen molar-refractivity contribution in [2.75, 3.05) is 6.54 Å². The van der Waals surface area contributed by atoms with Crippen molar-refractivity contribution in [1.29, 1.82) is 0 Å². The van der Waals surface area contributed by atoms with Crippen LogP contribution >= 0.6 is 0 Å². The van der Waals surface area contributed by atoms with Crippen LogP contribution in [-0.2, 0) is 0 Å². The van der Waals surface area contributed by atoms with Crippen molar-refractivity contribution in [3.8, 4) is 0 Å². The highest BCUT2D eigenvalue weighted by atomic mass is 15.2. The highest BCUT2D eigenvalue weighted by molar-refractivity contribution is 5.02. The lowest BCUT2D eigenvalue weighted by Gasteiger charge is -2.46. The number of unbranched alkanes of at least 4 members (excludes halogenated alkanes) is 5. The van der Waals surface area contributed by atoms with Gasteiger partial charge in [0.15, 0.2) is 0 Å². The molecule has 0 N–H and O–H groups in total.